The molecule has 30 heavy (non-hydrogen) atoms. The van der Waals surface area contributed by atoms with E-state index in [9.17, 15) is 0 Å². The van der Waals surface area contributed by atoms with Gasteiger partial charge in [-0.3, -0.25) is 4.68 Å². The second-order valence-electron chi connectivity index (χ2n) is 8.02. The summed E-state index contributed by atoms with van der Waals surface area (Å²) in [6.07, 6.45) is 1.70. The Kier molecular flexibility index (Phi) is 7.88. The molecule has 2 aromatic carbocycles. The summed E-state index contributed by atoms with van der Waals surface area (Å²) in [6, 6.07) is 16.4. The van der Waals surface area contributed by atoms with Crippen LogP contribution in [0.4, 0.5) is 0 Å². The number of hydrogen-bond donors (Lipinski definition) is 0. The lowest BCUT2D eigenvalue weighted by Crippen LogP contribution is -2.42. The van der Waals surface area contributed by atoms with E-state index in [0.29, 0.717) is 32.1 Å². The second-order valence-corrected chi connectivity index (χ2v) is 9.31. The third kappa shape index (κ3) is 5.40. The molecule has 3 aromatic rings. The van der Waals surface area contributed by atoms with Crippen molar-refractivity contribution in [1.29, 1.82) is 0 Å². The van der Waals surface area contributed by atoms with Crippen LogP contribution in [-0.4, -0.2) is 35.6 Å². The van der Waals surface area contributed by atoms with Crippen molar-refractivity contribution in [3.63, 3.8) is 0 Å². The molecule has 0 aliphatic heterocycles. The Balaban J connectivity index is 1.75. The van der Waals surface area contributed by atoms with Gasteiger partial charge in [0.2, 0.25) is 19.5 Å². The monoisotopic (exact) mass is 438 g/mol. The molecule has 1 unspecified atom stereocenters. The van der Waals surface area contributed by atoms with Crippen molar-refractivity contribution in [3.8, 4) is 5.75 Å². The van der Waals surface area contributed by atoms with E-state index in [2.05, 4.69) is 54.8 Å². The summed E-state index contributed by atoms with van der Waals surface area (Å²) in [7, 11) is 0.798. The highest BCUT2D eigenvalue weighted by Crippen LogP contribution is 2.35. The summed E-state index contributed by atoms with van der Waals surface area (Å²) in [6.45, 7) is 12.1. The highest BCUT2D eigenvalue weighted by molar-refractivity contribution is 6.26. The first-order valence-corrected chi connectivity index (χ1v) is 13.0. The first-order chi connectivity index (χ1) is 14.5. The Morgan fingerprint density at radius 2 is 1.73 bits per heavy atom. The topological polar surface area (TPSA) is 45.5 Å². The molecule has 3 rings (SSSR count). The van der Waals surface area contributed by atoms with Crippen molar-refractivity contribution in [2.45, 2.75) is 53.3 Å². The maximum Gasteiger partial charge on any atom is 0.229 e. The van der Waals surface area contributed by atoms with Crippen LogP contribution in [0.15, 0.2) is 54.7 Å². The minimum Gasteiger partial charge on any atom is -0.489 e. The van der Waals surface area contributed by atoms with E-state index in [4.69, 9.17) is 13.6 Å². The molecule has 0 saturated carbocycles. The molecule has 5 nitrogen and oxygen atoms in total. The molecule has 0 aliphatic rings. The maximum atomic E-state index is 6.02. The molecule has 0 fully saturated rings. The third-order valence-corrected chi connectivity index (χ3v) is 6.54. The van der Waals surface area contributed by atoms with E-state index in [0.717, 1.165) is 28.8 Å². The van der Waals surface area contributed by atoms with Crippen LogP contribution < -0.4 is 4.74 Å². The van der Waals surface area contributed by atoms with Crippen LogP contribution >= 0.6 is 0 Å². The zero-order valence-electron chi connectivity index (χ0n) is 18.4. The predicted octanol–water partition coefficient (Wildman–Crippen LogP) is 4.97. The van der Waals surface area contributed by atoms with Crippen molar-refractivity contribution in [2.24, 2.45) is 11.3 Å². The lowest BCUT2D eigenvalue weighted by atomic mass is 9.79. The van der Waals surface area contributed by atoms with Crippen LogP contribution in [0.1, 0.15) is 26.3 Å². The molecule has 0 amide bonds. The summed E-state index contributed by atoms with van der Waals surface area (Å²) < 4.78 is 19.9. The van der Waals surface area contributed by atoms with Gasteiger partial charge in [-0.15, -0.1) is 0 Å². The number of nitrogens with zero attached hydrogens (tertiary/aromatic N) is 2. The highest BCUT2D eigenvalue weighted by Gasteiger charge is 2.36. The Labute approximate surface area is 184 Å². The van der Waals surface area contributed by atoms with E-state index in [-0.39, 0.29) is 11.7 Å². The third-order valence-electron chi connectivity index (χ3n) is 5.64. The number of ether oxygens (including phenoxy) is 1. The highest BCUT2D eigenvalue weighted by atomic mass is 28.2. The van der Waals surface area contributed by atoms with E-state index >= 15 is 0 Å². The summed E-state index contributed by atoms with van der Waals surface area (Å²) >= 11 is 0. The summed E-state index contributed by atoms with van der Waals surface area (Å²) in [5, 5.41) is 5.75. The fraction of sp³-hybridized carbons (Fsp3) is 0.435. The number of rotatable bonds is 11. The molecule has 0 N–H and O–H groups in total. The lowest BCUT2D eigenvalue weighted by Gasteiger charge is -2.39. The Morgan fingerprint density at radius 3 is 2.40 bits per heavy atom. The van der Waals surface area contributed by atoms with Gasteiger partial charge in [0, 0.05) is 23.4 Å². The minimum atomic E-state index is -0.217. The molecule has 0 aliphatic carbocycles. The van der Waals surface area contributed by atoms with E-state index in [1.165, 1.54) is 0 Å². The number of aromatic nitrogens is 2. The summed E-state index contributed by atoms with van der Waals surface area (Å²) in [4.78, 5) is 0. The Bertz CT molecular complexity index is 925. The number of hydrogen-bond acceptors (Lipinski definition) is 4. The Hall–Kier alpha value is -1.94. The van der Waals surface area contributed by atoms with Crippen LogP contribution in [0.3, 0.4) is 0 Å². The molecule has 1 atom stereocenters. The van der Waals surface area contributed by atoms with Gasteiger partial charge in [-0.2, -0.15) is 5.10 Å². The zero-order valence-corrected chi connectivity index (χ0v) is 20.4. The van der Waals surface area contributed by atoms with Crippen molar-refractivity contribution in [1.82, 2.24) is 9.78 Å². The van der Waals surface area contributed by atoms with Gasteiger partial charge < -0.3 is 13.6 Å². The van der Waals surface area contributed by atoms with Crippen LogP contribution in [0.2, 0.25) is 13.1 Å². The van der Waals surface area contributed by atoms with Crippen molar-refractivity contribution in [3.05, 3.63) is 60.3 Å². The van der Waals surface area contributed by atoms with Crippen LogP contribution in [-0.2, 0) is 22.0 Å². The molecule has 0 saturated heterocycles. The molecule has 1 heterocycles. The minimum absolute atomic E-state index is 0.147. The molecule has 4 radical (unpaired) electrons. The first kappa shape index (κ1) is 22.7. The van der Waals surface area contributed by atoms with Crippen molar-refractivity contribution < 1.29 is 13.6 Å². The average Bonchev–Trinajstić information content (AvgIpc) is 3.15. The molecular weight excluding hydrogens is 408 g/mol. The standard InChI is InChI=1S/C23H30N2O3Si2/c1-17(23(2,3)22(27-29-4)28-30-5)15-25-21-13-20(12-11-19(21)14-24-25)26-16-18-9-7-6-8-10-18/h6-14,17,22H,15-16H2,1-5H3. The summed E-state index contributed by atoms with van der Waals surface area (Å²) in [5.74, 6) is 1.15. The SMILES string of the molecule is C[Si]OC(O[Si]C)C(C)(C)C(C)Cn1ncc2ccc(OCc3ccccc3)cc21. The molecule has 0 spiro atoms. The molecule has 1 aromatic heterocycles. The van der Waals surface area contributed by atoms with Gasteiger partial charge in [0.05, 0.1) is 11.7 Å². The molecule has 0 bridgehead atoms. The fourth-order valence-electron chi connectivity index (χ4n) is 3.30. The van der Waals surface area contributed by atoms with Crippen LogP contribution in [0.25, 0.3) is 10.9 Å². The van der Waals surface area contributed by atoms with Crippen molar-refractivity contribution in [2.75, 3.05) is 0 Å². The van der Waals surface area contributed by atoms with Gasteiger partial charge in [-0.05, 0) is 36.7 Å². The largest absolute Gasteiger partial charge is 0.489 e. The average molecular weight is 439 g/mol. The van der Waals surface area contributed by atoms with Gasteiger partial charge >= 0.3 is 0 Å². The van der Waals surface area contributed by atoms with E-state index in [1.54, 1.807) is 0 Å². The normalized spacial score (nSPS) is 13.1. The number of benzene rings is 2. The van der Waals surface area contributed by atoms with E-state index in [1.807, 2.05) is 43.6 Å². The zero-order chi connectivity index (χ0) is 21.6. The van der Waals surface area contributed by atoms with Gasteiger partial charge in [0.1, 0.15) is 18.6 Å². The van der Waals surface area contributed by atoms with Crippen molar-refractivity contribution >= 4 is 30.4 Å². The number of fused-ring (bicyclic) bond motifs is 1. The van der Waals surface area contributed by atoms with Gasteiger partial charge in [0.25, 0.3) is 0 Å². The van der Waals surface area contributed by atoms with Crippen LogP contribution in [0, 0.1) is 11.3 Å². The Morgan fingerprint density at radius 1 is 1.03 bits per heavy atom. The van der Waals surface area contributed by atoms with E-state index < -0.39 is 0 Å². The molecular formula is C23H30N2O3Si2. The van der Waals surface area contributed by atoms with Gasteiger partial charge in [0.15, 0.2) is 0 Å². The maximum absolute atomic E-state index is 6.02. The molecule has 7 heteroatoms. The first-order valence-electron chi connectivity index (χ1n) is 10.2. The second kappa shape index (κ2) is 10.4. The lowest BCUT2D eigenvalue weighted by molar-refractivity contribution is -0.104. The summed E-state index contributed by atoms with van der Waals surface area (Å²) in [5.41, 5.74) is 2.09. The smallest absolute Gasteiger partial charge is 0.229 e. The van der Waals surface area contributed by atoms with Gasteiger partial charge in [-0.1, -0.05) is 51.1 Å². The predicted molar refractivity (Wildman–Crippen MR) is 123 cm³/mol. The quantitative estimate of drug-likeness (QED) is 0.313. The fourth-order valence-corrected chi connectivity index (χ4v) is 4.52. The molecule has 158 valence electrons. The van der Waals surface area contributed by atoms with Gasteiger partial charge in [-0.25, -0.2) is 0 Å². The van der Waals surface area contributed by atoms with Crippen LogP contribution in [0.5, 0.6) is 5.75 Å².